The maximum Gasteiger partial charge on any atom is 0.133 e. The second kappa shape index (κ2) is 6.04. The molecule has 4 nitrogen and oxygen atoms in total. The normalized spacial score (nSPS) is 16.3. The van der Waals surface area contributed by atoms with Crippen LogP contribution in [0.1, 0.15) is 49.1 Å². The van der Waals surface area contributed by atoms with Gasteiger partial charge in [-0.05, 0) is 32.6 Å². The van der Waals surface area contributed by atoms with Crippen molar-refractivity contribution in [2.75, 3.05) is 6.61 Å². The van der Waals surface area contributed by atoms with Crippen molar-refractivity contribution in [2.24, 2.45) is 11.7 Å². The lowest BCUT2D eigenvalue weighted by Crippen LogP contribution is -2.19. The number of nitrogen functional groups attached to an aromatic ring is 1. The van der Waals surface area contributed by atoms with Crippen LogP contribution < -0.4 is 10.5 Å². The molecule has 1 aliphatic carbocycles. The number of hydrogen-bond acceptors (Lipinski definition) is 3. The number of nitrogens with one attached hydrogen (secondary N) is 1. The number of nitrogens with two attached hydrogens (primary N) is 1. The van der Waals surface area contributed by atoms with Crippen LogP contribution in [0.15, 0.2) is 6.07 Å². The Labute approximate surface area is 114 Å². The van der Waals surface area contributed by atoms with E-state index in [1.165, 1.54) is 32.1 Å². The average Bonchev–Trinajstić information content (AvgIpc) is 2.36. The Balaban J connectivity index is 2.12. The van der Waals surface area contributed by atoms with Gasteiger partial charge >= 0.3 is 0 Å². The fourth-order valence-electron chi connectivity index (χ4n) is 2.80. The Hall–Kier alpha value is -1.58. The third-order valence-corrected chi connectivity index (χ3v) is 3.76. The van der Waals surface area contributed by atoms with Crippen molar-refractivity contribution < 1.29 is 4.74 Å². The number of nitrogens with zero attached hydrogens (tertiary/aromatic N) is 1. The van der Waals surface area contributed by atoms with Crippen LogP contribution in [0.25, 0.3) is 0 Å². The van der Waals surface area contributed by atoms with Gasteiger partial charge in [0.25, 0.3) is 0 Å². The predicted octanol–water partition coefficient (Wildman–Crippen LogP) is 2.94. The summed E-state index contributed by atoms with van der Waals surface area (Å²) < 4.78 is 5.94. The van der Waals surface area contributed by atoms with Crippen molar-refractivity contribution in [2.45, 2.75) is 46.0 Å². The minimum absolute atomic E-state index is 0.0312. The summed E-state index contributed by atoms with van der Waals surface area (Å²) in [5.74, 6) is 1.38. The van der Waals surface area contributed by atoms with E-state index in [0.717, 1.165) is 18.0 Å². The van der Waals surface area contributed by atoms with Crippen LogP contribution in [0.4, 0.5) is 0 Å². The molecular weight excluding hydrogens is 238 g/mol. The van der Waals surface area contributed by atoms with Crippen LogP contribution in [0.3, 0.4) is 0 Å². The molecule has 0 bridgehead atoms. The topological polar surface area (TPSA) is 72.0 Å². The van der Waals surface area contributed by atoms with Gasteiger partial charge in [-0.15, -0.1) is 0 Å². The van der Waals surface area contributed by atoms with Crippen molar-refractivity contribution in [1.82, 2.24) is 4.98 Å². The lowest BCUT2D eigenvalue weighted by molar-refractivity contribution is 0.208. The van der Waals surface area contributed by atoms with E-state index in [4.69, 9.17) is 15.9 Å². The lowest BCUT2D eigenvalue weighted by Gasteiger charge is -2.22. The molecule has 0 atom stereocenters. The SMILES string of the molecule is Cc1cc(OCC2CCCCC2)c(C(=N)N)c(C)n1. The Morgan fingerprint density at radius 3 is 2.68 bits per heavy atom. The zero-order chi connectivity index (χ0) is 13.8. The van der Waals surface area contributed by atoms with Gasteiger partial charge in [-0.3, -0.25) is 10.4 Å². The molecule has 0 spiro atoms. The summed E-state index contributed by atoms with van der Waals surface area (Å²) in [7, 11) is 0. The first-order chi connectivity index (χ1) is 9.08. The molecule has 3 N–H and O–H groups in total. The van der Waals surface area contributed by atoms with E-state index in [9.17, 15) is 0 Å². The van der Waals surface area contributed by atoms with E-state index in [0.29, 0.717) is 17.2 Å². The number of aryl methyl sites for hydroxylation is 2. The molecular formula is C15H23N3O. The largest absolute Gasteiger partial charge is 0.492 e. The Morgan fingerprint density at radius 2 is 2.05 bits per heavy atom. The van der Waals surface area contributed by atoms with Crippen LogP contribution in [-0.4, -0.2) is 17.4 Å². The summed E-state index contributed by atoms with van der Waals surface area (Å²) in [6.07, 6.45) is 6.46. The summed E-state index contributed by atoms with van der Waals surface area (Å²) in [6.45, 7) is 4.53. The molecule has 0 unspecified atom stereocenters. The van der Waals surface area contributed by atoms with E-state index in [2.05, 4.69) is 4.98 Å². The minimum atomic E-state index is 0.0312. The molecule has 1 saturated carbocycles. The standard InChI is InChI=1S/C15H23N3O/c1-10-8-13(14(15(16)17)11(2)18-10)19-9-12-6-4-3-5-7-12/h8,12H,3-7,9H2,1-2H3,(H3,16,17). The molecule has 2 rings (SSSR count). The number of ether oxygens (including phenoxy) is 1. The van der Waals surface area contributed by atoms with Crippen molar-refractivity contribution in [1.29, 1.82) is 5.41 Å². The summed E-state index contributed by atoms with van der Waals surface area (Å²) >= 11 is 0. The van der Waals surface area contributed by atoms with Crippen LogP contribution in [-0.2, 0) is 0 Å². The first-order valence-electron chi connectivity index (χ1n) is 7.03. The van der Waals surface area contributed by atoms with Gasteiger partial charge in [0.1, 0.15) is 11.6 Å². The molecule has 0 aliphatic heterocycles. The molecule has 104 valence electrons. The highest BCUT2D eigenvalue weighted by Crippen LogP contribution is 2.27. The summed E-state index contributed by atoms with van der Waals surface area (Å²) in [6, 6.07) is 1.88. The van der Waals surface area contributed by atoms with E-state index in [-0.39, 0.29) is 5.84 Å². The fourth-order valence-corrected chi connectivity index (χ4v) is 2.80. The van der Waals surface area contributed by atoms with Crippen molar-refractivity contribution in [3.63, 3.8) is 0 Å². The van der Waals surface area contributed by atoms with Crippen molar-refractivity contribution >= 4 is 5.84 Å². The van der Waals surface area contributed by atoms with E-state index in [1.54, 1.807) is 0 Å². The highest BCUT2D eigenvalue weighted by atomic mass is 16.5. The number of pyridine rings is 1. The Morgan fingerprint density at radius 1 is 1.37 bits per heavy atom. The van der Waals surface area contributed by atoms with Crippen LogP contribution in [0, 0.1) is 25.2 Å². The second-order valence-electron chi connectivity index (χ2n) is 5.45. The van der Waals surface area contributed by atoms with E-state index < -0.39 is 0 Å². The molecule has 0 radical (unpaired) electrons. The Kier molecular flexibility index (Phi) is 4.40. The van der Waals surface area contributed by atoms with Crippen LogP contribution >= 0.6 is 0 Å². The highest BCUT2D eigenvalue weighted by Gasteiger charge is 2.17. The second-order valence-corrected chi connectivity index (χ2v) is 5.45. The van der Waals surface area contributed by atoms with E-state index >= 15 is 0 Å². The zero-order valence-electron chi connectivity index (χ0n) is 11.8. The predicted molar refractivity (Wildman–Crippen MR) is 76.8 cm³/mol. The maximum atomic E-state index is 7.67. The van der Waals surface area contributed by atoms with Crippen LogP contribution in [0.5, 0.6) is 5.75 Å². The fraction of sp³-hybridized carbons (Fsp3) is 0.600. The first kappa shape index (κ1) is 13.8. The van der Waals surface area contributed by atoms with Gasteiger partial charge in [0.05, 0.1) is 17.9 Å². The molecule has 1 aliphatic rings. The van der Waals surface area contributed by atoms with Crippen molar-refractivity contribution in [3.8, 4) is 5.75 Å². The van der Waals surface area contributed by atoms with Gasteiger partial charge in [-0.2, -0.15) is 0 Å². The summed E-state index contributed by atoms with van der Waals surface area (Å²) in [5, 5.41) is 7.67. The molecule has 0 saturated heterocycles. The average molecular weight is 261 g/mol. The zero-order valence-corrected chi connectivity index (χ0v) is 11.8. The smallest absolute Gasteiger partial charge is 0.133 e. The van der Waals surface area contributed by atoms with Gasteiger partial charge < -0.3 is 10.5 Å². The molecule has 0 aromatic carbocycles. The summed E-state index contributed by atoms with van der Waals surface area (Å²) in [5.41, 5.74) is 7.95. The van der Waals surface area contributed by atoms with Gasteiger partial charge in [0.2, 0.25) is 0 Å². The molecule has 1 fully saturated rings. The number of amidine groups is 1. The van der Waals surface area contributed by atoms with Gasteiger partial charge in [0, 0.05) is 11.8 Å². The maximum absolute atomic E-state index is 7.67. The molecule has 19 heavy (non-hydrogen) atoms. The number of rotatable bonds is 4. The molecule has 1 aromatic rings. The Bertz CT molecular complexity index is 465. The van der Waals surface area contributed by atoms with Gasteiger partial charge in [0.15, 0.2) is 0 Å². The lowest BCUT2D eigenvalue weighted by atomic mass is 9.90. The van der Waals surface area contributed by atoms with Crippen LogP contribution in [0.2, 0.25) is 0 Å². The number of hydrogen-bond donors (Lipinski definition) is 2. The third kappa shape index (κ3) is 3.46. The van der Waals surface area contributed by atoms with Gasteiger partial charge in [-0.1, -0.05) is 19.3 Å². The monoisotopic (exact) mass is 261 g/mol. The molecule has 0 amide bonds. The molecule has 4 heteroatoms. The number of aromatic nitrogens is 1. The first-order valence-corrected chi connectivity index (χ1v) is 7.03. The quantitative estimate of drug-likeness (QED) is 0.646. The summed E-state index contributed by atoms with van der Waals surface area (Å²) in [4.78, 5) is 4.35. The van der Waals surface area contributed by atoms with E-state index in [1.807, 2.05) is 19.9 Å². The van der Waals surface area contributed by atoms with Gasteiger partial charge in [-0.25, -0.2) is 0 Å². The minimum Gasteiger partial charge on any atom is -0.492 e. The third-order valence-electron chi connectivity index (χ3n) is 3.76. The highest BCUT2D eigenvalue weighted by molar-refractivity contribution is 5.98. The molecule has 1 heterocycles. The molecule has 1 aromatic heterocycles. The van der Waals surface area contributed by atoms with Crippen molar-refractivity contribution in [3.05, 3.63) is 23.0 Å².